The van der Waals surface area contributed by atoms with E-state index in [9.17, 15) is 13.6 Å². The molecule has 1 aromatic heterocycles. The number of H-pyrrole nitrogens is 1. The van der Waals surface area contributed by atoms with Crippen LogP contribution in [0.15, 0.2) is 29.1 Å². The summed E-state index contributed by atoms with van der Waals surface area (Å²) in [5, 5.41) is 3.04. The fraction of sp³-hybridized carbons (Fsp3) is 0.286. The van der Waals surface area contributed by atoms with E-state index in [4.69, 9.17) is 4.74 Å². The molecular formula is C14H15F2N3O2. The monoisotopic (exact) mass is 295 g/mol. The Morgan fingerprint density at radius 3 is 2.62 bits per heavy atom. The van der Waals surface area contributed by atoms with Gasteiger partial charge in [-0.2, -0.15) is 0 Å². The van der Waals surface area contributed by atoms with Gasteiger partial charge in [0.05, 0.1) is 12.3 Å². The van der Waals surface area contributed by atoms with Crippen molar-refractivity contribution in [3.63, 3.8) is 0 Å². The van der Waals surface area contributed by atoms with Gasteiger partial charge in [-0.1, -0.05) is 0 Å². The summed E-state index contributed by atoms with van der Waals surface area (Å²) in [7, 11) is 1.59. The summed E-state index contributed by atoms with van der Waals surface area (Å²) in [6.07, 6.45) is 0. The van der Waals surface area contributed by atoms with Crippen LogP contribution in [0.2, 0.25) is 0 Å². The molecule has 0 saturated heterocycles. The van der Waals surface area contributed by atoms with Crippen molar-refractivity contribution in [2.45, 2.75) is 6.54 Å². The highest BCUT2D eigenvalue weighted by atomic mass is 19.1. The van der Waals surface area contributed by atoms with E-state index in [1.165, 1.54) is 6.07 Å². The molecule has 5 nitrogen and oxygen atoms in total. The second-order valence-corrected chi connectivity index (χ2v) is 4.41. The van der Waals surface area contributed by atoms with Crippen molar-refractivity contribution < 1.29 is 13.5 Å². The van der Waals surface area contributed by atoms with Gasteiger partial charge in [0, 0.05) is 37.9 Å². The topological polar surface area (TPSA) is 67.0 Å². The molecule has 1 heterocycles. The Morgan fingerprint density at radius 2 is 1.95 bits per heavy atom. The molecule has 2 rings (SSSR count). The van der Waals surface area contributed by atoms with Crippen LogP contribution in [0.5, 0.6) is 0 Å². The Balaban J connectivity index is 2.24. The van der Waals surface area contributed by atoms with Gasteiger partial charge in [-0.3, -0.25) is 4.79 Å². The van der Waals surface area contributed by atoms with Gasteiger partial charge in [-0.25, -0.2) is 13.8 Å². The van der Waals surface area contributed by atoms with Crippen molar-refractivity contribution >= 4 is 0 Å². The number of hydrogen-bond acceptors (Lipinski definition) is 4. The summed E-state index contributed by atoms with van der Waals surface area (Å²) in [6, 6.07) is 4.32. The maximum atomic E-state index is 13.2. The number of nitrogens with zero attached hydrogens (tertiary/aromatic N) is 1. The Labute approximate surface area is 120 Å². The highest BCUT2D eigenvalue weighted by molar-refractivity contribution is 5.54. The molecule has 21 heavy (non-hydrogen) atoms. The van der Waals surface area contributed by atoms with Crippen LogP contribution < -0.4 is 10.9 Å². The largest absolute Gasteiger partial charge is 0.383 e. The summed E-state index contributed by atoms with van der Waals surface area (Å²) < 4.78 is 31.3. The van der Waals surface area contributed by atoms with Gasteiger partial charge in [0.1, 0.15) is 17.5 Å². The molecule has 0 saturated carbocycles. The number of aromatic nitrogens is 2. The van der Waals surface area contributed by atoms with Crippen LogP contribution in [0.25, 0.3) is 11.4 Å². The van der Waals surface area contributed by atoms with Crippen LogP contribution in [-0.2, 0) is 11.3 Å². The average Bonchev–Trinajstić information content (AvgIpc) is 2.42. The maximum Gasteiger partial charge on any atom is 0.251 e. The standard InChI is InChI=1S/C14H15F2N3O2/c1-21-3-2-17-8-12-7-13(20)19-14(18-12)9-4-10(15)6-11(16)5-9/h4-7,17H,2-3,8H2,1H3,(H,18,19,20). The predicted octanol–water partition coefficient (Wildman–Crippen LogP) is 1.45. The molecule has 0 fully saturated rings. The third kappa shape index (κ3) is 4.44. The zero-order chi connectivity index (χ0) is 15.2. The molecule has 0 unspecified atom stereocenters. The second kappa shape index (κ2) is 7.05. The summed E-state index contributed by atoms with van der Waals surface area (Å²) in [6.45, 7) is 1.50. The lowest BCUT2D eigenvalue weighted by molar-refractivity contribution is 0.199. The van der Waals surface area contributed by atoms with Crippen molar-refractivity contribution in [2.24, 2.45) is 0 Å². The highest BCUT2D eigenvalue weighted by Gasteiger charge is 2.07. The van der Waals surface area contributed by atoms with Crippen molar-refractivity contribution in [3.8, 4) is 11.4 Å². The van der Waals surface area contributed by atoms with Gasteiger partial charge in [-0.05, 0) is 12.1 Å². The van der Waals surface area contributed by atoms with E-state index in [2.05, 4.69) is 15.3 Å². The van der Waals surface area contributed by atoms with Gasteiger partial charge in [0.15, 0.2) is 0 Å². The lowest BCUT2D eigenvalue weighted by Gasteiger charge is -2.06. The number of rotatable bonds is 6. The van der Waals surface area contributed by atoms with Crippen molar-refractivity contribution in [2.75, 3.05) is 20.3 Å². The first-order chi connectivity index (χ1) is 10.1. The minimum absolute atomic E-state index is 0.129. The molecule has 0 radical (unpaired) electrons. The van der Waals surface area contributed by atoms with E-state index < -0.39 is 11.6 Å². The lowest BCUT2D eigenvalue weighted by atomic mass is 10.2. The molecule has 7 heteroatoms. The number of methoxy groups -OCH3 is 1. The molecule has 2 aromatic rings. The van der Waals surface area contributed by atoms with Crippen LogP contribution in [0, 0.1) is 11.6 Å². The normalized spacial score (nSPS) is 10.8. The number of ether oxygens (including phenoxy) is 1. The van der Waals surface area contributed by atoms with E-state index in [1.54, 1.807) is 7.11 Å². The zero-order valence-corrected chi connectivity index (χ0v) is 11.5. The molecule has 0 aliphatic heterocycles. The lowest BCUT2D eigenvalue weighted by Crippen LogP contribution is -2.21. The minimum atomic E-state index is -0.726. The first-order valence-corrected chi connectivity index (χ1v) is 6.35. The number of benzene rings is 1. The SMILES string of the molecule is COCCNCc1cc(=O)[nH]c(-c2cc(F)cc(F)c2)n1. The van der Waals surface area contributed by atoms with Crippen LogP contribution in [0.3, 0.4) is 0 Å². The van der Waals surface area contributed by atoms with Crippen molar-refractivity contribution in [3.05, 3.63) is 51.9 Å². The Morgan fingerprint density at radius 1 is 1.24 bits per heavy atom. The third-order valence-electron chi connectivity index (χ3n) is 2.72. The van der Waals surface area contributed by atoms with Crippen molar-refractivity contribution in [1.29, 1.82) is 0 Å². The number of halogens is 2. The van der Waals surface area contributed by atoms with E-state index >= 15 is 0 Å². The average molecular weight is 295 g/mol. The number of nitrogens with one attached hydrogen (secondary N) is 2. The quantitative estimate of drug-likeness (QED) is 0.792. The van der Waals surface area contributed by atoms with E-state index in [1.807, 2.05) is 0 Å². The van der Waals surface area contributed by atoms with Gasteiger partial charge in [-0.15, -0.1) is 0 Å². The van der Waals surface area contributed by atoms with Crippen LogP contribution in [0.1, 0.15) is 5.69 Å². The second-order valence-electron chi connectivity index (χ2n) is 4.41. The molecule has 0 aliphatic carbocycles. The van der Waals surface area contributed by atoms with Gasteiger partial charge in [0.25, 0.3) is 5.56 Å². The summed E-state index contributed by atoms with van der Waals surface area (Å²) in [5.74, 6) is -1.32. The first-order valence-electron chi connectivity index (χ1n) is 6.35. The van der Waals surface area contributed by atoms with Crippen LogP contribution in [0.4, 0.5) is 8.78 Å². The fourth-order valence-electron chi connectivity index (χ4n) is 1.82. The van der Waals surface area contributed by atoms with E-state index in [0.29, 0.717) is 25.4 Å². The van der Waals surface area contributed by atoms with E-state index in [-0.39, 0.29) is 16.9 Å². The Hall–Kier alpha value is -2.12. The van der Waals surface area contributed by atoms with Crippen molar-refractivity contribution in [1.82, 2.24) is 15.3 Å². The molecule has 0 spiro atoms. The minimum Gasteiger partial charge on any atom is -0.383 e. The Bertz CT molecular complexity index is 653. The third-order valence-corrected chi connectivity index (χ3v) is 2.72. The molecule has 0 atom stereocenters. The molecule has 112 valence electrons. The van der Waals surface area contributed by atoms with Crippen LogP contribution in [-0.4, -0.2) is 30.2 Å². The van der Waals surface area contributed by atoms with Gasteiger partial charge in [0.2, 0.25) is 0 Å². The molecule has 0 bridgehead atoms. The highest BCUT2D eigenvalue weighted by Crippen LogP contribution is 2.17. The molecule has 2 N–H and O–H groups in total. The van der Waals surface area contributed by atoms with Gasteiger partial charge >= 0.3 is 0 Å². The maximum absolute atomic E-state index is 13.2. The molecule has 1 aromatic carbocycles. The summed E-state index contributed by atoms with van der Waals surface area (Å²) in [4.78, 5) is 18.3. The number of aromatic amines is 1. The zero-order valence-electron chi connectivity index (χ0n) is 11.5. The smallest absolute Gasteiger partial charge is 0.251 e. The van der Waals surface area contributed by atoms with Crippen LogP contribution >= 0.6 is 0 Å². The summed E-state index contributed by atoms with van der Waals surface area (Å²) >= 11 is 0. The molecule has 0 aliphatic rings. The summed E-state index contributed by atoms with van der Waals surface area (Å²) in [5.41, 5.74) is 0.283. The van der Waals surface area contributed by atoms with Gasteiger partial charge < -0.3 is 15.0 Å². The predicted molar refractivity (Wildman–Crippen MR) is 73.8 cm³/mol. The first kappa shape index (κ1) is 15.3. The fourth-order valence-corrected chi connectivity index (χ4v) is 1.82. The Kier molecular flexibility index (Phi) is 5.13. The molecular weight excluding hydrogens is 280 g/mol. The number of hydrogen-bond donors (Lipinski definition) is 2. The molecule has 0 amide bonds. The van der Waals surface area contributed by atoms with E-state index in [0.717, 1.165) is 18.2 Å².